The highest BCUT2D eigenvalue weighted by atomic mass is 16.5. The fourth-order valence-corrected chi connectivity index (χ4v) is 5.16. The molecule has 0 spiro atoms. The van der Waals surface area contributed by atoms with Crippen molar-refractivity contribution in [3.05, 3.63) is 89.5 Å². The molecule has 2 amide bonds. The molecule has 0 aromatic heterocycles. The highest BCUT2D eigenvalue weighted by molar-refractivity contribution is 6.00. The van der Waals surface area contributed by atoms with Gasteiger partial charge < -0.3 is 20.1 Å². The fourth-order valence-electron chi connectivity index (χ4n) is 5.16. The standard InChI is InChI=1S/C28H26N2O5/c1-17(26(31)30-15-14-23(27(32)33)22-12-6-7-13-25(22)30)29-28(34)35-16-24-20-10-4-2-8-18(20)19-9-3-5-11-21(19)24/h2-13,17,23-24H,14-16H2,1H3,(H,29,34)(H,32,33)/t17-,23?/m0/s1. The molecule has 0 saturated heterocycles. The minimum atomic E-state index is -0.908. The number of carbonyl (C=O) groups excluding carboxylic acids is 2. The smallest absolute Gasteiger partial charge is 0.407 e. The number of hydrogen-bond donors (Lipinski definition) is 2. The van der Waals surface area contributed by atoms with Crippen LogP contribution < -0.4 is 10.2 Å². The largest absolute Gasteiger partial charge is 0.481 e. The summed E-state index contributed by atoms with van der Waals surface area (Å²) in [6, 6.07) is 22.4. The molecule has 7 nitrogen and oxygen atoms in total. The van der Waals surface area contributed by atoms with Crippen LogP contribution in [-0.2, 0) is 14.3 Å². The number of nitrogens with zero attached hydrogens (tertiary/aromatic N) is 1. The van der Waals surface area contributed by atoms with Crippen molar-refractivity contribution < 1.29 is 24.2 Å². The van der Waals surface area contributed by atoms with Crippen LogP contribution in [0.3, 0.4) is 0 Å². The number of alkyl carbamates (subject to hydrolysis) is 1. The van der Waals surface area contributed by atoms with E-state index in [1.165, 1.54) is 0 Å². The number of carboxylic acid groups (broad SMARTS) is 1. The molecule has 1 unspecified atom stereocenters. The lowest BCUT2D eigenvalue weighted by Gasteiger charge is -2.34. The van der Waals surface area contributed by atoms with E-state index >= 15 is 0 Å². The van der Waals surface area contributed by atoms with Crippen LogP contribution in [0.5, 0.6) is 0 Å². The van der Waals surface area contributed by atoms with Crippen molar-refractivity contribution in [3.63, 3.8) is 0 Å². The molecule has 2 N–H and O–H groups in total. The maximum atomic E-state index is 13.2. The highest BCUT2D eigenvalue weighted by Crippen LogP contribution is 2.44. The number of carbonyl (C=O) groups is 3. The van der Waals surface area contributed by atoms with Crippen molar-refractivity contribution in [2.75, 3.05) is 18.1 Å². The Labute approximate surface area is 203 Å². The topological polar surface area (TPSA) is 95.9 Å². The summed E-state index contributed by atoms with van der Waals surface area (Å²) in [6.45, 7) is 2.03. The Morgan fingerprint density at radius 3 is 2.14 bits per heavy atom. The number of ether oxygens (including phenoxy) is 1. The zero-order valence-electron chi connectivity index (χ0n) is 19.3. The van der Waals surface area contributed by atoms with Gasteiger partial charge in [0, 0.05) is 18.2 Å². The molecule has 0 radical (unpaired) electrons. The van der Waals surface area contributed by atoms with Gasteiger partial charge in [0.15, 0.2) is 0 Å². The highest BCUT2D eigenvalue weighted by Gasteiger charge is 2.35. The lowest BCUT2D eigenvalue weighted by Crippen LogP contribution is -2.49. The molecule has 0 fully saturated rings. The second-order valence-corrected chi connectivity index (χ2v) is 8.92. The third-order valence-corrected chi connectivity index (χ3v) is 6.86. The Morgan fingerprint density at radius 2 is 1.51 bits per heavy atom. The van der Waals surface area contributed by atoms with Gasteiger partial charge in [0.1, 0.15) is 12.6 Å². The van der Waals surface area contributed by atoms with Gasteiger partial charge in [-0.25, -0.2) is 4.79 Å². The number of para-hydroxylation sites is 1. The quantitative estimate of drug-likeness (QED) is 0.572. The molecule has 35 heavy (non-hydrogen) atoms. The predicted octanol–water partition coefficient (Wildman–Crippen LogP) is 4.52. The lowest BCUT2D eigenvalue weighted by molar-refractivity contribution is -0.139. The van der Waals surface area contributed by atoms with Gasteiger partial charge in [-0.2, -0.15) is 0 Å². The first kappa shape index (κ1) is 22.7. The van der Waals surface area contributed by atoms with E-state index in [1.54, 1.807) is 36.1 Å². The fraction of sp³-hybridized carbons (Fsp3) is 0.250. The molecule has 7 heteroatoms. The van der Waals surface area contributed by atoms with Crippen LogP contribution in [0.1, 0.15) is 41.9 Å². The monoisotopic (exact) mass is 470 g/mol. The molecule has 178 valence electrons. The van der Waals surface area contributed by atoms with Gasteiger partial charge in [0.25, 0.3) is 0 Å². The first-order valence-electron chi connectivity index (χ1n) is 11.7. The summed E-state index contributed by atoms with van der Waals surface area (Å²) in [7, 11) is 0. The van der Waals surface area contributed by atoms with E-state index in [1.807, 2.05) is 36.4 Å². The molecular weight excluding hydrogens is 444 g/mol. The normalized spacial score (nSPS) is 17.1. The number of rotatable bonds is 5. The lowest BCUT2D eigenvalue weighted by atomic mass is 9.89. The van der Waals surface area contributed by atoms with Gasteiger partial charge in [0.2, 0.25) is 5.91 Å². The van der Waals surface area contributed by atoms with Crippen molar-refractivity contribution in [2.45, 2.75) is 31.2 Å². The van der Waals surface area contributed by atoms with Crippen LogP contribution in [-0.4, -0.2) is 42.3 Å². The third-order valence-electron chi connectivity index (χ3n) is 6.86. The van der Waals surface area contributed by atoms with E-state index in [0.717, 1.165) is 22.3 Å². The van der Waals surface area contributed by atoms with E-state index in [4.69, 9.17) is 4.74 Å². The Morgan fingerprint density at radius 1 is 0.943 bits per heavy atom. The molecule has 0 saturated carbocycles. The number of carboxylic acids is 1. The molecular formula is C28H26N2O5. The second-order valence-electron chi connectivity index (χ2n) is 8.92. The van der Waals surface area contributed by atoms with Crippen molar-refractivity contribution in [1.82, 2.24) is 5.32 Å². The van der Waals surface area contributed by atoms with Crippen LogP contribution >= 0.6 is 0 Å². The Bertz CT molecular complexity index is 1260. The summed E-state index contributed by atoms with van der Waals surface area (Å²) in [5.74, 6) is -1.94. The second kappa shape index (κ2) is 9.25. The molecule has 1 aliphatic carbocycles. The van der Waals surface area contributed by atoms with Crippen molar-refractivity contribution in [1.29, 1.82) is 0 Å². The van der Waals surface area contributed by atoms with Crippen molar-refractivity contribution >= 4 is 23.7 Å². The zero-order chi connectivity index (χ0) is 24.5. The summed E-state index contributed by atoms with van der Waals surface area (Å²) in [6.07, 6.45) is -0.350. The first-order valence-corrected chi connectivity index (χ1v) is 11.7. The van der Waals surface area contributed by atoms with Gasteiger partial charge in [0.05, 0.1) is 5.92 Å². The zero-order valence-corrected chi connectivity index (χ0v) is 19.3. The van der Waals surface area contributed by atoms with Crippen LogP contribution in [0, 0.1) is 0 Å². The Kier molecular flexibility index (Phi) is 5.99. The van der Waals surface area contributed by atoms with E-state index in [9.17, 15) is 19.5 Å². The molecule has 2 atom stereocenters. The minimum absolute atomic E-state index is 0.0684. The predicted molar refractivity (Wildman–Crippen MR) is 131 cm³/mol. The van der Waals surface area contributed by atoms with Crippen LogP contribution in [0.15, 0.2) is 72.8 Å². The van der Waals surface area contributed by atoms with Crippen molar-refractivity contribution in [2.24, 2.45) is 0 Å². The number of amides is 2. The third kappa shape index (κ3) is 4.14. The maximum absolute atomic E-state index is 13.2. The molecule has 2 aliphatic rings. The minimum Gasteiger partial charge on any atom is -0.481 e. The summed E-state index contributed by atoms with van der Waals surface area (Å²) < 4.78 is 5.57. The summed E-state index contributed by atoms with van der Waals surface area (Å²) in [4.78, 5) is 39.0. The molecule has 3 aromatic carbocycles. The molecule has 3 aromatic rings. The molecule has 5 rings (SSSR count). The number of nitrogens with one attached hydrogen (secondary N) is 1. The van der Waals surface area contributed by atoms with Gasteiger partial charge in [-0.1, -0.05) is 66.7 Å². The average Bonchev–Trinajstić information content (AvgIpc) is 3.20. The van der Waals surface area contributed by atoms with Gasteiger partial charge in [-0.05, 0) is 47.2 Å². The van der Waals surface area contributed by atoms with Gasteiger partial charge in [-0.15, -0.1) is 0 Å². The Balaban J connectivity index is 1.25. The molecule has 0 bridgehead atoms. The van der Waals surface area contributed by atoms with Crippen molar-refractivity contribution in [3.8, 4) is 11.1 Å². The summed E-state index contributed by atoms with van der Waals surface area (Å²) in [5.41, 5.74) is 5.69. The first-order chi connectivity index (χ1) is 17.0. The Hall–Kier alpha value is -4.13. The molecule has 1 aliphatic heterocycles. The number of benzene rings is 3. The number of aliphatic carboxylic acids is 1. The van der Waals surface area contributed by atoms with E-state index in [-0.39, 0.29) is 25.0 Å². The number of hydrogen-bond acceptors (Lipinski definition) is 4. The van der Waals surface area contributed by atoms with Gasteiger partial charge >= 0.3 is 12.1 Å². The van der Waals surface area contributed by atoms with Crippen LogP contribution in [0.4, 0.5) is 10.5 Å². The number of anilines is 1. The van der Waals surface area contributed by atoms with E-state index in [0.29, 0.717) is 17.7 Å². The summed E-state index contributed by atoms with van der Waals surface area (Å²) >= 11 is 0. The maximum Gasteiger partial charge on any atom is 0.407 e. The molecule has 1 heterocycles. The average molecular weight is 471 g/mol. The van der Waals surface area contributed by atoms with Gasteiger partial charge in [-0.3, -0.25) is 9.59 Å². The summed E-state index contributed by atoms with van der Waals surface area (Å²) in [5, 5.41) is 12.2. The SMILES string of the molecule is C[C@H](NC(=O)OCC1c2ccccc2-c2ccccc21)C(=O)N1CCC(C(=O)O)c2ccccc21. The van der Waals surface area contributed by atoms with Crippen LogP contribution in [0.25, 0.3) is 11.1 Å². The van der Waals surface area contributed by atoms with Crippen LogP contribution in [0.2, 0.25) is 0 Å². The van der Waals surface area contributed by atoms with E-state index < -0.39 is 24.0 Å². The number of fused-ring (bicyclic) bond motifs is 4. The van der Waals surface area contributed by atoms with E-state index in [2.05, 4.69) is 17.4 Å².